The molecule has 1 aromatic carbocycles. The van der Waals surface area contributed by atoms with Crippen LogP contribution in [-0.2, 0) is 11.3 Å². The fourth-order valence-electron chi connectivity index (χ4n) is 1.55. The lowest BCUT2D eigenvalue weighted by atomic mass is 10.2. The summed E-state index contributed by atoms with van der Waals surface area (Å²) in [7, 11) is 0. The van der Waals surface area contributed by atoms with Gasteiger partial charge in [-0.25, -0.2) is 4.79 Å². The van der Waals surface area contributed by atoms with Crippen molar-refractivity contribution in [3.05, 3.63) is 35.9 Å². The van der Waals surface area contributed by atoms with Crippen molar-refractivity contribution < 1.29 is 14.6 Å². The van der Waals surface area contributed by atoms with E-state index in [0.717, 1.165) is 31.2 Å². The second kappa shape index (κ2) is 9.48. The smallest absolute Gasteiger partial charge is 0.407 e. The van der Waals surface area contributed by atoms with E-state index in [1.54, 1.807) is 0 Å². The summed E-state index contributed by atoms with van der Waals surface area (Å²) in [6.07, 6.45) is 3.25. The number of rotatable bonds is 8. The van der Waals surface area contributed by atoms with Crippen LogP contribution in [0.15, 0.2) is 30.3 Å². The van der Waals surface area contributed by atoms with Gasteiger partial charge in [0.1, 0.15) is 0 Å². The fourth-order valence-corrected chi connectivity index (χ4v) is 1.55. The minimum atomic E-state index is -0.374. The number of hydrogen-bond acceptors (Lipinski definition) is 3. The maximum Gasteiger partial charge on any atom is 0.407 e. The summed E-state index contributed by atoms with van der Waals surface area (Å²) in [6, 6.07) is 9.71. The summed E-state index contributed by atoms with van der Waals surface area (Å²) in [4.78, 5) is 11.3. The molecule has 0 heterocycles. The molecule has 0 spiro atoms. The van der Waals surface area contributed by atoms with Gasteiger partial charge in [0.05, 0.1) is 6.61 Å². The summed E-state index contributed by atoms with van der Waals surface area (Å²) in [5.41, 5.74) is 1.05. The number of amides is 1. The molecule has 0 aliphatic carbocycles. The van der Waals surface area contributed by atoms with Crippen molar-refractivity contribution in [1.82, 2.24) is 5.32 Å². The summed E-state index contributed by atoms with van der Waals surface area (Å²) in [6.45, 7) is 1.16. The SMILES string of the molecule is O=C(NCc1ccccc1)OCCCCCCO. The number of ether oxygens (including phenoxy) is 1. The summed E-state index contributed by atoms with van der Waals surface area (Å²) < 4.78 is 5.03. The van der Waals surface area contributed by atoms with Crippen molar-refractivity contribution in [3.8, 4) is 0 Å². The molecule has 1 rings (SSSR count). The van der Waals surface area contributed by atoms with E-state index in [9.17, 15) is 4.79 Å². The van der Waals surface area contributed by atoms with E-state index in [2.05, 4.69) is 5.32 Å². The summed E-state index contributed by atoms with van der Waals surface area (Å²) in [5, 5.41) is 11.3. The van der Waals surface area contributed by atoms with Crippen LogP contribution in [0.4, 0.5) is 4.79 Å². The number of alkyl carbamates (subject to hydrolysis) is 1. The molecule has 18 heavy (non-hydrogen) atoms. The zero-order valence-electron chi connectivity index (χ0n) is 10.6. The van der Waals surface area contributed by atoms with E-state index in [-0.39, 0.29) is 12.7 Å². The van der Waals surface area contributed by atoms with Gasteiger partial charge in [0, 0.05) is 13.2 Å². The van der Waals surface area contributed by atoms with Crippen molar-refractivity contribution >= 4 is 6.09 Å². The van der Waals surface area contributed by atoms with Gasteiger partial charge in [-0.05, 0) is 24.8 Å². The molecule has 2 N–H and O–H groups in total. The molecule has 0 fully saturated rings. The predicted octanol–water partition coefficient (Wildman–Crippen LogP) is 2.47. The summed E-state index contributed by atoms with van der Waals surface area (Å²) >= 11 is 0. The first kappa shape index (κ1) is 14.5. The van der Waals surface area contributed by atoms with Crippen molar-refractivity contribution in [3.63, 3.8) is 0 Å². The normalized spacial score (nSPS) is 10.1. The van der Waals surface area contributed by atoms with Gasteiger partial charge in [0.25, 0.3) is 0 Å². The third-order valence-corrected chi connectivity index (χ3v) is 2.57. The Balaban J connectivity index is 2.01. The van der Waals surface area contributed by atoms with Crippen molar-refractivity contribution in [2.45, 2.75) is 32.2 Å². The molecule has 4 nitrogen and oxygen atoms in total. The minimum Gasteiger partial charge on any atom is -0.450 e. The van der Waals surface area contributed by atoms with E-state index in [0.29, 0.717) is 13.2 Å². The van der Waals surface area contributed by atoms with Gasteiger partial charge in [-0.15, -0.1) is 0 Å². The van der Waals surface area contributed by atoms with Gasteiger partial charge in [0.15, 0.2) is 0 Å². The number of unbranched alkanes of at least 4 members (excludes halogenated alkanes) is 3. The van der Waals surface area contributed by atoms with Gasteiger partial charge in [-0.3, -0.25) is 0 Å². The molecule has 0 saturated carbocycles. The molecular formula is C14H21NO3. The Kier molecular flexibility index (Phi) is 7.64. The second-order valence-corrected chi connectivity index (χ2v) is 4.11. The third kappa shape index (κ3) is 6.91. The highest BCUT2D eigenvalue weighted by atomic mass is 16.5. The maximum atomic E-state index is 11.3. The topological polar surface area (TPSA) is 58.6 Å². The van der Waals surface area contributed by atoms with Gasteiger partial charge >= 0.3 is 6.09 Å². The molecular weight excluding hydrogens is 230 g/mol. The van der Waals surface area contributed by atoms with Crippen LogP contribution < -0.4 is 5.32 Å². The highest BCUT2D eigenvalue weighted by Gasteiger charge is 2.01. The van der Waals surface area contributed by atoms with Gasteiger partial charge < -0.3 is 15.2 Å². The Labute approximate surface area is 108 Å². The number of hydrogen-bond donors (Lipinski definition) is 2. The van der Waals surface area contributed by atoms with Gasteiger partial charge in [-0.2, -0.15) is 0 Å². The molecule has 0 unspecified atom stereocenters. The van der Waals surface area contributed by atoms with Crippen LogP contribution in [0.25, 0.3) is 0 Å². The first-order valence-corrected chi connectivity index (χ1v) is 6.38. The zero-order valence-corrected chi connectivity index (χ0v) is 10.6. The molecule has 1 amide bonds. The zero-order chi connectivity index (χ0) is 13.1. The molecule has 0 atom stereocenters. The minimum absolute atomic E-state index is 0.235. The Morgan fingerprint density at radius 1 is 1.11 bits per heavy atom. The molecule has 0 aliphatic rings. The Morgan fingerprint density at radius 2 is 1.83 bits per heavy atom. The molecule has 0 saturated heterocycles. The lowest BCUT2D eigenvalue weighted by Crippen LogP contribution is -2.24. The van der Waals surface area contributed by atoms with Gasteiger partial charge in [0.2, 0.25) is 0 Å². The first-order valence-electron chi connectivity index (χ1n) is 6.38. The van der Waals surface area contributed by atoms with E-state index in [1.165, 1.54) is 0 Å². The van der Waals surface area contributed by atoms with E-state index in [4.69, 9.17) is 9.84 Å². The average molecular weight is 251 g/mol. The van der Waals surface area contributed by atoms with Crippen LogP contribution in [-0.4, -0.2) is 24.4 Å². The second-order valence-electron chi connectivity index (χ2n) is 4.11. The highest BCUT2D eigenvalue weighted by molar-refractivity contribution is 5.67. The largest absolute Gasteiger partial charge is 0.450 e. The number of benzene rings is 1. The maximum absolute atomic E-state index is 11.3. The molecule has 100 valence electrons. The average Bonchev–Trinajstić information content (AvgIpc) is 2.41. The Morgan fingerprint density at radius 3 is 2.56 bits per heavy atom. The molecule has 1 aromatic rings. The highest BCUT2D eigenvalue weighted by Crippen LogP contribution is 2.00. The number of aliphatic hydroxyl groups excluding tert-OH is 1. The van der Waals surface area contributed by atoms with Crippen molar-refractivity contribution in [2.75, 3.05) is 13.2 Å². The third-order valence-electron chi connectivity index (χ3n) is 2.57. The standard InChI is InChI=1S/C14H21NO3/c16-10-6-1-2-7-11-18-14(17)15-12-13-8-4-3-5-9-13/h3-5,8-9,16H,1-2,6-7,10-12H2,(H,15,17). The van der Waals surface area contributed by atoms with Crippen LogP contribution in [0.3, 0.4) is 0 Å². The van der Waals surface area contributed by atoms with Crippen LogP contribution in [0, 0.1) is 0 Å². The number of carbonyl (C=O) groups is 1. The molecule has 0 aliphatic heterocycles. The first-order chi connectivity index (χ1) is 8.83. The van der Waals surface area contributed by atoms with Crippen LogP contribution in [0.1, 0.15) is 31.2 Å². The quantitative estimate of drug-likeness (QED) is 0.698. The summed E-state index contributed by atoms with van der Waals surface area (Å²) in [5.74, 6) is 0. The number of carbonyl (C=O) groups excluding carboxylic acids is 1. The van der Waals surface area contributed by atoms with Gasteiger partial charge in [-0.1, -0.05) is 36.8 Å². The molecule has 4 heteroatoms. The van der Waals surface area contributed by atoms with E-state index < -0.39 is 0 Å². The van der Waals surface area contributed by atoms with Crippen LogP contribution in [0.5, 0.6) is 0 Å². The molecule has 0 aromatic heterocycles. The van der Waals surface area contributed by atoms with Crippen molar-refractivity contribution in [1.29, 1.82) is 0 Å². The lowest BCUT2D eigenvalue weighted by Gasteiger charge is -2.06. The Bertz CT molecular complexity index is 327. The Hall–Kier alpha value is -1.55. The molecule has 0 bridgehead atoms. The lowest BCUT2D eigenvalue weighted by molar-refractivity contribution is 0.143. The van der Waals surface area contributed by atoms with E-state index >= 15 is 0 Å². The van der Waals surface area contributed by atoms with Crippen molar-refractivity contribution in [2.24, 2.45) is 0 Å². The van der Waals surface area contributed by atoms with E-state index in [1.807, 2.05) is 30.3 Å². The fraction of sp³-hybridized carbons (Fsp3) is 0.500. The predicted molar refractivity (Wildman–Crippen MR) is 70.2 cm³/mol. The van der Waals surface area contributed by atoms with Crippen LogP contribution >= 0.6 is 0 Å². The number of aliphatic hydroxyl groups is 1. The monoisotopic (exact) mass is 251 g/mol. The number of nitrogens with one attached hydrogen (secondary N) is 1. The van der Waals surface area contributed by atoms with Crippen LogP contribution in [0.2, 0.25) is 0 Å². The molecule has 0 radical (unpaired) electrons.